The molecule has 0 aliphatic heterocycles. The molecule has 0 saturated heterocycles. The summed E-state index contributed by atoms with van der Waals surface area (Å²) in [5.74, 6) is 0. The van der Waals surface area contributed by atoms with Crippen molar-refractivity contribution in [1.82, 2.24) is 0 Å². The number of hydrogen-bond donors (Lipinski definition) is 0. The molecular weight excluding hydrogens is 172 g/mol. The number of nitrogens with zero attached hydrogens (tertiary/aromatic N) is 2. The molecule has 0 heterocycles. The molecule has 0 aromatic heterocycles. The first-order valence-corrected chi connectivity index (χ1v) is 4.69. The first-order chi connectivity index (χ1) is 6.66. The van der Waals surface area contributed by atoms with Crippen LogP contribution in [0.3, 0.4) is 0 Å². The van der Waals surface area contributed by atoms with Crippen LogP contribution in [0.4, 0.5) is 0 Å². The van der Waals surface area contributed by atoms with Gasteiger partial charge in [0.05, 0.1) is 11.8 Å². The molecule has 0 unspecified atom stereocenters. The highest BCUT2D eigenvalue weighted by Crippen LogP contribution is 2.07. The summed E-state index contributed by atoms with van der Waals surface area (Å²) in [4.78, 5) is 4.07. The maximum absolute atomic E-state index is 4.07. The minimum Gasteiger partial charge on any atom is -0.290 e. The van der Waals surface area contributed by atoms with Gasteiger partial charge in [-0.3, -0.25) is 4.99 Å². The van der Waals surface area contributed by atoms with E-state index in [9.17, 15) is 0 Å². The van der Waals surface area contributed by atoms with Crippen LogP contribution in [0, 0.1) is 6.92 Å². The summed E-state index contributed by atoms with van der Waals surface area (Å²) in [6.45, 7) is 2.11. The summed E-state index contributed by atoms with van der Waals surface area (Å²) in [6, 6.07) is 8.33. The smallest absolute Gasteiger partial charge is 0.224 e. The van der Waals surface area contributed by atoms with Crippen molar-refractivity contribution >= 4 is 11.9 Å². The van der Waals surface area contributed by atoms with Gasteiger partial charge in [-0.15, -0.1) is 0 Å². The van der Waals surface area contributed by atoms with Crippen molar-refractivity contribution in [1.29, 1.82) is 0 Å². The van der Waals surface area contributed by atoms with Gasteiger partial charge in [-0.05, 0) is 18.6 Å². The normalized spacial score (nSPS) is 10.6. The lowest BCUT2D eigenvalue weighted by Gasteiger charge is -2.02. The van der Waals surface area contributed by atoms with Crippen LogP contribution in [-0.2, 0) is 0 Å². The lowest BCUT2D eigenvalue weighted by atomic mass is 10.0. The standard InChI is InChI=1S/C12H17N2/c1-10-7-5-6-8-11(10)12(9-13-2)14(3)4/h5-9H,1-4H3/q+1/b13-9-. The van der Waals surface area contributed by atoms with E-state index in [1.54, 1.807) is 7.05 Å². The van der Waals surface area contributed by atoms with E-state index in [1.807, 2.05) is 20.3 Å². The zero-order chi connectivity index (χ0) is 10.6. The number of hydrogen-bond acceptors (Lipinski definition) is 1. The van der Waals surface area contributed by atoms with Crippen LogP contribution in [-0.4, -0.2) is 37.6 Å². The average molecular weight is 189 g/mol. The van der Waals surface area contributed by atoms with Crippen molar-refractivity contribution in [2.75, 3.05) is 21.1 Å². The summed E-state index contributed by atoms with van der Waals surface area (Å²) in [5, 5.41) is 0. The Hall–Kier alpha value is -1.44. The van der Waals surface area contributed by atoms with Crippen LogP contribution in [0.1, 0.15) is 11.1 Å². The first kappa shape index (κ1) is 10.6. The Morgan fingerprint density at radius 3 is 2.43 bits per heavy atom. The predicted molar refractivity (Wildman–Crippen MR) is 61.8 cm³/mol. The molecule has 2 nitrogen and oxygen atoms in total. The largest absolute Gasteiger partial charge is 0.290 e. The van der Waals surface area contributed by atoms with Gasteiger partial charge in [0.15, 0.2) is 0 Å². The summed E-state index contributed by atoms with van der Waals surface area (Å²) in [6.07, 6.45) is 1.89. The quantitative estimate of drug-likeness (QED) is 0.497. The van der Waals surface area contributed by atoms with Crippen molar-refractivity contribution in [2.45, 2.75) is 6.92 Å². The molecule has 14 heavy (non-hydrogen) atoms. The third-order valence-corrected chi connectivity index (χ3v) is 2.15. The second-order valence-corrected chi connectivity index (χ2v) is 3.48. The van der Waals surface area contributed by atoms with E-state index in [1.165, 1.54) is 11.1 Å². The number of aliphatic imine (C=N–C) groups is 1. The minimum atomic E-state index is 1.14. The van der Waals surface area contributed by atoms with E-state index in [4.69, 9.17) is 0 Å². The second-order valence-electron chi connectivity index (χ2n) is 3.48. The Labute approximate surface area is 85.6 Å². The molecule has 0 amide bonds. The van der Waals surface area contributed by atoms with Crippen LogP contribution < -0.4 is 0 Å². The van der Waals surface area contributed by atoms with Gasteiger partial charge >= 0.3 is 0 Å². The molecule has 0 N–H and O–H groups in total. The Kier molecular flexibility index (Phi) is 3.57. The first-order valence-electron chi connectivity index (χ1n) is 4.69. The van der Waals surface area contributed by atoms with Gasteiger partial charge in [-0.25, -0.2) is 4.58 Å². The fourth-order valence-corrected chi connectivity index (χ4v) is 1.41. The van der Waals surface area contributed by atoms with E-state index < -0.39 is 0 Å². The van der Waals surface area contributed by atoms with Gasteiger partial charge in [-0.2, -0.15) is 0 Å². The van der Waals surface area contributed by atoms with Gasteiger partial charge in [-0.1, -0.05) is 18.2 Å². The van der Waals surface area contributed by atoms with Gasteiger partial charge in [0, 0.05) is 7.05 Å². The van der Waals surface area contributed by atoms with E-state index in [0.29, 0.717) is 0 Å². The Bertz CT molecular complexity index is 372. The van der Waals surface area contributed by atoms with Crippen LogP contribution >= 0.6 is 0 Å². The highest BCUT2D eigenvalue weighted by Gasteiger charge is 2.10. The molecule has 0 atom stereocenters. The lowest BCUT2D eigenvalue weighted by molar-refractivity contribution is -0.461. The minimum absolute atomic E-state index is 1.14. The van der Waals surface area contributed by atoms with Crippen molar-refractivity contribution < 1.29 is 4.58 Å². The summed E-state index contributed by atoms with van der Waals surface area (Å²) in [5.41, 5.74) is 3.66. The lowest BCUT2D eigenvalue weighted by Crippen LogP contribution is -2.17. The summed E-state index contributed by atoms with van der Waals surface area (Å²) in [7, 11) is 5.86. The molecule has 0 saturated carbocycles. The van der Waals surface area contributed by atoms with Crippen LogP contribution in [0.5, 0.6) is 0 Å². The highest BCUT2D eigenvalue weighted by atomic mass is 14.9. The second kappa shape index (κ2) is 4.70. The van der Waals surface area contributed by atoms with Crippen LogP contribution in [0.25, 0.3) is 0 Å². The molecule has 2 heteroatoms. The molecule has 0 radical (unpaired) electrons. The molecule has 0 bridgehead atoms. The Balaban J connectivity index is 3.27. The van der Waals surface area contributed by atoms with Gasteiger partial charge in [0.1, 0.15) is 14.1 Å². The molecule has 0 spiro atoms. The number of rotatable bonds is 2. The van der Waals surface area contributed by atoms with Crippen LogP contribution in [0.2, 0.25) is 0 Å². The number of aryl methyl sites for hydroxylation is 1. The average Bonchev–Trinajstić information content (AvgIpc) is 2.15. The number of benzene rings is 1. The van der Waals surface area contributed by atoms with Crippen molar-refractivity contribution in [3.8, 4) is 0 Å². The maximum Gasteiger partial charge on any atom is 0.224 e. The molecule has 0 aliphatic rings. The monoisotopic (exact) mass is 189 g/mol. The topological polar surface area (TPSA) is 15.4 Å². The fourth-order valence-electron chi connectivity index (χ4n) is 1.41. The highest BCUT2D eigenvalue weighted by molar-refractivity contribution is 6.36. The van der Waals surface area contributed by atoms with E-state index in [0.717, 1.165) is 5.71 Å². The van der Waals surface area contributed by atoms with Crippen LogP contribution in [0.15, 0.2) is 29.3 Å². The van der Waals surface area contributed by atoms with E-state index >= 15 is 0 Å². The van der Waals surface area contributed by atoms with E-state index in [-0.39, 0.29) is 0 Å². The van der Waals surface area contributed by atoms with Gasteiger partial charge < -0.3 is 0 Å². The molecule has 1 rings (SSSR count). The predicted octanol–water partition coefficient (Wildman–Crippen LogP) is 1.76. The maximum atomic E-state index is 4.07. The molecule has 0 aliphatic carbocycles. The van der Waals surface area contributed by atoms with E-state index in [2.05, 4.69) is 40.8 Å². The molecule has 0 fully saturated rings. The molecular formula is C12H17N2+. The van der Waals surface area contributed by atoms with Gasteiger partial charge in [0.2, 0.25) is 5.71 Å². The van der Waals surface area contributed by atoms with Crippen molar-refractivity contribution in [3.63, 3.8) is 0 Å². The third-order valence-electron chi connectivity index (χ3n) is 2.15. The third kappa shape index (κ3) is 2.28. The Morgan fingerprint density at radius 1 is 1.29 bits per heavy atom. The SMILES string of the molecule is C/N=C\C(c1ccccc1C)=[N+](C)C. The Morgan fingerprint density at radius 2 is 1.93 bits per heavy atom. The fraction of sp³-hybridized carbons (Fsp3) is 0.333. The summed E-state index contributed by atoms with van der Waals surface area (Å²) >= 11 is 0. The molecule has 1 aromatic rings. The zero-order valence-corrected chi connectivity index (χ0v) is 9.28. The van der Waals surface area contributed by atoms with Gasteiger partial charge in [0.25, 0.3) is 0 Å². The zero-order valence-electron chi connectivity index (χ0n) is 9.28. The summed E-state index contributed by atoms with van der Waals surface area (Å²) < 4.78 is 2.08. The molecule has 74 valence electrons. The van der Waals surface area contributed by atoms with Crippen molar-refractivity contribution in [2.24, 2.45) is 4.99 Å². The molecule has 1 aromatic carbocycles. The van der Waals surface area contributed by atoms with Crippen molar-refractivity contribution in [3.05, 3.63) is 35.4 Å².